The standard InChI is InChI=1S/C12H25N/c1-10(2)6-9-12(13)8-5-7-11(12,3)4/h10H,5-9,13H2,1-4H3. The average molecular weight is 183 g/mol. The van der Waals surface area contributed by atoms with Gasteiger partial charge < -0.3 is 5.73 Å². The van der Waals surface area contributed by atoms with Gasteiger partial charge in [-0.25, -0.2) is 0 Å². The van der Waals surface area contributed by atoms with Crippen molar-refractivity contribution in [1.82, 2.24) is 0 Å². The van der Waals surface area contributed by atoms with Gasteiger partial charge in [-0.1, -0.05) is 34.1 Å². The molecule has 0 heterocycles. The summed E-state index contributed by atoms with van der Waals surface area (Å²) in [6.07, 6.45) is 6.34. The minimum Gasteiger partial charge on any atom is -0.325 e. The van der Waals surface area contributed by atoms with Crippen molar-refractivity contribution in [2.24, 2.45) is 17.1 Å². The van der Waals surface area contributed by atoms with Crippen LogP contribution >= 0.6 is 0 Å². The minimum absolute atomic E-state index is 0.122. The SMILES string of the molecule is CC(C)CCC1(N)CCCC1(C)C. The summed E-state index contributed by atoms with van der Waals surface area (Å²) in [6, 6.07) is 0. The lowest BCUT2D eigenvalue weighted by Gasteiger charge is -2.38. The van der Waals surface area contributed by atoms with Gasteiger partial charge in [-0.15, -0.1) is 0 Å². The Kier molecular flexibility index (Phi) is 3.06. The van der Waals surface area contributed by atoms with Gasteiger partial charge in [0, 0.05) is 5.54 Å². The lowest BCUT2D eigenvalue weighted by atomic mass is 9.72. The summed E-state index contributed by atoms with van der Waals surface area (Å²) in [5.41, 5.74) is 6.97. The van der Waals surface area contributed by atoms with E-state index in [2.05, 4.69) is 27.7 Å². The first-order valence-corrected chi connectivity index (χ1v) is 5.66. The fourth-order valence-electron chi connectivity index (χ4n) is 2.44. The van der Waals surface area contributed by atoms with Crippen LogP contribution in [0.4, 0.5) is 0 Å². The molecule has 0 aromatic rings. The van der Waals surface area contributed by atoms with Crippen LogP contribution < -0.4 is 5.73 Å². The topological polar surface area (TPSA) is 26.0 Å². The Balaban J connectivity index is 2.54. The van der Waals surface area contributed by atoms with Gasteiger partial charge in [0.2, 0.25) is 0 Å². The minimum atomic E-state index is 0.122. The van der Waals surface area contributed by atoms with E-state index in [1.54, 1.807) is 0 Å². The van der Waals surface area contributed by atoms with Crippen molar-refractivity contribution in [1.29, 1.82) is 0 Å². The summed E-state index contributed by atoms with van der Waals surface area (Å²) >= 11 is 0. The van der Waals surface area contributed by atoms with Gasteiger partial charge in [0.05, 0.1) is 0 Å². The lowest BCUT2D eigenvalue weighted by molar-refractivity contribution is 0.185. The van der Waals surface area contributed by atoms with Gasteiger partial charge in [0.1, 0.15) is 0 Å². The molecule has 1 nitrogen and oxygen atoms in total. The molecule has 1 rings (SSSR count). The summed E-state index contributed by atoms with van der Waals surface area (Å²) in [4.78, 5) is 0. The van der Waals surface area contributed by atoms with Crippen molar-refractivity contribution in [2.75, 3.05) is 0 Å². The molecule has 0 bridgehead atoms. The van der Waals surface area contributed by atoms with Crippen molar-refractivity contribution in [3.05, 3.63) is 0 Å². The fourth-order valence-corrected chi connectivity index (χ4v) is 2.44. The second-order valence-electron chi connectivity index (χ2n) is 5.83. The van der Waals surface area contributed by atoms with Crippen LogP contribution in [-0.4, -0.2) is 5.54 Å². The highest BCUT2D eigenvalue weighted by molar-refractivity contribution is 5.02. The highest BCUT2D eigenvalue weighted by Crippen LogP contribution is 2.46. The molecule has 2 N–H and O–H groups in total. The number of rotatable bonds is 3. The van der Waals surface area contributed by atoms with Crippen molar-refractivity contribution >= 4 is 0 Å². The van der Waals surface area contributed by atoms with Crippen molar-refractivity contribution < 1.29 is 0 Å². The van der Waals surface area contributed by atoms with E-state index in [4.69, 9.17) is 5.73 Å². The molecule has 1 aliphatic carbocycles. The average Bonchev–Trinajstić information content (AvgIpc) is 2.24. The summed E-state index contributed by atoms with van der Waals surface area (Å²) in [5, 5.41) is 0. The largest absolute Gasteiger partial charge is 0.325 e. The first-order chi connectivity index (χ1) is 5.87. The fraction of sp³-hybridized carbons (Fsp3) is 1.00. The van der Waals surface area contributed by atoms with E-state index in [-0.39, 0.29) is 5.54 Å². The third-order valence-electron chi connectivity index (χ3n) is 3.94. The Morgan fingerprint density at radius 3 is 2.23 bits per heavy atom. The molecule has 1 unspecified atom stereocenters. The Bertz CT molecular complexity index is 172. The van der Waals surface area contributed by atoms with Gasteiger partial charge in [-0.2, -0.15) is 0 Å². The zero-order valence-corrected chi connectivity index (χ0v) is 9.69. The molecule has 0 saturated heterocycles. The van der Waals surface area contributed by atoms with Crippen molar-refractivity contribution in [2.45, 2.75) is 65.3 Å². The van der Waals surface area contributed by atoms with Crippen molar-refractivity contribution in [3.8, 4) is 0 Å². The van der Waals surface area contributed by atoms with Crippen LogP contribution in [0.5, 0.6) is 0 Å². The lowest BCUT2D eigenvalue weighted by Crippen LogP contribution is -2.48. The quantitative estimate of drug-likeness (QED) is 0.713. The van der Waals surface area contributed by atoms with Crippen LogP contribution in [0.3, 0.4) is 0 Å². The van der Waals surface area contributed by atoms with E-state index in [1.165, 1.54) is 32.1 Å². The maximum atomic E-state index is 6.49. The maximum absolute atomic E-state index is 6.49. The smallest absolute Gasteiger partial charge is 0.0206 e. The third-order valence-corrected chi connectivity index (χ3v) is 3.94. The van der Waals surface area contributed by atoms with Gasteiger partial charge in [-0.05, 0) is 37.0 Å². The van der Waals surface area contributed by atoms with Gasteiger partial charge in [-0.3, -0.25) is 0 Å². The number of hydrogen-bond acceptors (Lipinski definition) is 1. The molecule has 13 heavy (non-hydrogen) atoms. The third kappa shape index (κ3) is 2.25. The second kappa shape index (κ2) is 3.61. The van der Waals surface area contributed by atoms with Crippen LogP contribution in [0, 0.1) is 11.3 Å². The molecule has 0 radical (unpaired) electrons. The van der Waals surface area contributed by atoms with Crippen LogP contribution in [0.25, 0.3) is 0 Å². The Morgan fingerprint density at radius 1 is 1.23 bits per heavy atom. The van der Waals surface area contributed by atoms with E-state index in [0.29, 0.717) is 5.41 Å². The molecule has 78 valence electrons. The van der Waals surface area contributed by atoms with Gasteiger partial charge in [0.15, 0.2) is 0 Å². The Morgan fingerprint density at radius 2 is 1.85 bits per heavy atom. The van der Waals surface area contributed by atoms with Crippen LogP contribution in [0.15, 0.2) is 0 Å². The van der Waals surface area contributed by atoms with Crippen LogP contribution in [-0.2, 0) is 0 Å². The normalized spacial score (nSPS) is 32.8. The molecule has 0 aromatic heterocycles. The van der Waals surface area contributed by atoms with E-state index >= 15 is 0 Å². The summed E-state index contributed by atoms with van der Waals surface area (Å²) in [5.74, 6) is 0.789. The Hall–Kier alpha value is -0.0400. The first-order valence-electron chi connectivity index (χ1n) is 5.66. The highest BCUT2D eigenvalue weighted by atomic mass is 14.8. The summed E-state index contributed by atoms with van der Waals surface area (Å²) < 4.78 is 0. The second-order valence-corrected chi connectivity index (χ2v) is 5.83. The molecule has 1 aliphatic rings. The van der Waals surface area contributed by atoms with Crippen molar-refractivity contribution in [3.63, 3.8) is 0 Å². The molecule has 1 atom stereocenters. The molecule has 0 spiro atoms. The predicted octanol–water partition coefficient (Wildman–Crippen LogP) is 3.33. The molecule has 0 aliphatic heterocycles. The molecule has 0 amide bonds. The number of nitrogens with two attached hydrogens (primary N) is 1. The van der Waals surface area contributed by atoms with E-state index in [9.17, 15) is 0 Å². The zero-order chi connectivity index (χ0) is 10.1. The molecule has 1 saturated carbocycles. The number of hydrogen-bond donors (Lipinski definition) is 1. The van der Waals surface area contributed by atoms with Gasteiger partial charge in [0.25, 0.3) is 0 Å². The van der Waals surface area contributed by atoms with Gasteiger partial charge >= 0.3 is 0 Å². The molecule has 0 aromatic carbocycles. The van der Waals surface area contributed by atoms with E-state index in [1.807, 2.05) is 0 Å². The monoisotopic (exact) mass is 183 g/mol. The van der Waals surface area contributed by atoms with E-state index < -0.39 is 0 Å². The molecular weight excluding hydrogens is 158 g/mol. The Labute approximate surface area is 83.1 Å². The summed E-state index contributed by atoms with van der Waals surface area (Å²) in [7, 11) is 0. The maximum Gasteiger partial charge on any atom is 0.0206 e. The highest BCUT2D eigenvalue weighted by Gasteiger charge is 2.44. The van der Waals surface area contributed by atoms with Crippen LogP contribution in [0.2, 0.25) is 0 Å². The predicted molar refractivity (Wildman–Crippen MR) is 58.6 cm³/mol. The zero-order valence-electron chi connectivity index (χ0n) is 9.69. The molecule has 1 heteroatoms. The molecule has 1 fully saturated rings. The first kappa shape index (κ1) is 11.0. The molecular formula is C12H25N. The van der Waals surface area contributed by atoms with E-state index in [0.717, 1.165) is 5.92 Å². The summed E-state index contributed by atoms with van der Waals surface area (Å²) in [6.45, 7) is 9.23. The van der Waals surface area contributed by atoms with Crippen LogP contribution in [0.1, 0.15) is 59.8 Å².